The van der Waals surface area contributed by atoms with Gasteiger partial charge in [-0.05, 0) is 6.42 Å². The van der Waals surface area contributed by atoms with Crippen molar-refractivity contribution in [3.8, 4) is 0 Å². The Morgan fingerprint density at radius 3 is 1.95 bits per heavy atom. The standard InChI is InChI=1S/C6H12O6.C6H8O3/c7-1-3(9)5(11)6(12)4(10)2-8;7-4-2-1-3-6(9)5-8/h1,3-6,8-12H,2H2;4-5H,1-3H2. The van der Waals surface area contributed by atoms with Gasteiger partial charge < -0.3 is 35.1 Å². The fourth-order valence-electron chi connectivity index (χ4n) is 1.04. The number of carbonyl (C=O) groups excluding carboxylic acids is 4. The molecule has 0 radical (unpaired) electrons. The third-order valence-corrected chi connectivity index (χ3v) is 2.30. The van der Waals surface area contributed by atoms with E-state index in [1.807, 2.05) is 0 Å². The fourth-order valence-corrected chi connectivity index (χ4v) is 1.04. The van der Waals surface area contributed by atoms with Crippen LogP contribution in [0.5, 0.6) is 0 Å². The molecule has 0 spiro atoms. The maximum atomic E-state index is 10.2. The average Bonchev–Trinajstić information content (AvgIpc) is 2.52. The molecule has 0 aliphatic carbocycles. The molecule has 4 atom stereocenters. The molecule has 5 N–H and O–H groups in total. The van der Waals surface area contributed by atoms with Gasteiger partial charge in [-0.1, -0.05) is 0 Å². The first-order valence-corrected chi connectivity index (χ1v) is 6.05. The number of ketones is 1. The second kappa shape index (κ2) is 13.5. The van der Waals surface area contributed by atoms with Gasteiger partial charge in [-0.15, -0.1) is 0 Å². The van der Waals surface area contributed by atoms with Crippen molar-refractivity contribution in [1.82, 2.24) is 0 Å². The summed E-state index contributed by atoms with van der Waals surface area (Å²) in [5, 5.41) is 43.5. The van der Waals surface area contributed by atoms with E-state index in [0.717, 1.165) is 6.29 Å². The third kappa shape index (κ3) is 10.9. The molecule has 0 aromatic heterocycles. The highest BCUT2D eigenvalue weighted by Crippen LogP contribution is 2.02. The zero-order chi connectivity index (χ0) is 16.8. The lowest BCUT2D eigenvalue weighted by Gasteiger charge is -2.22. The second-order valence-corrected chi connectivity index (χ2v) is 4.00. The molecule has 0 fully saturated rings. The van der Waals surface area contributed by atoms with Gasteiger partial charge in [-0.25, -0.2) is 0 Å². The summed E-state index contributed by atoms with van der Waals surface area (Å²) in [6.07, 6.45) is -4.78. The summed E-state index contributed by atoms with van der Waals surface area (Å²) in [5.74, 6) is -0.433. The molecule has 0 aliphatic rings. The van der Waals surface area contributed by atoms with Gasteiger partial charge in [0.25, 0.3) is 0 Å². The number of hydrogen-bond donors (Lipinski definition) is 5. The van der Waals surface area contributed by atoms with Crippen LogP contribution >= 0.6 is 0 Å². The first-order chi connectivity index (χ1) is 9.85. The van der Waals surface area contributed by atoms with E-state index < -0.39 is 36.8 Å². The molecule has 9 heteroatoms. The Kier molecular flexibility index (Phi) is 14.0. The minimum absolute atomic E-state index is 0.0258. The molecule has 0 heterocycles. The van der Waals surface area contributed by atoms with Crippen LogP contribution in [-0.2, 0) is 19.2 Å². The maximum absolute atomic E-state index is 10.2. The van der Waals surface area contributed by atoms with Crippen LogP contribution in [0.4, 0.5) is 0 Å². The van der Waals surface area contributed by atoms with Crippen molar-refractivity contribution in [2.45, 2.75) is 43.7 Å². The average molecular weight is 308 g/mol. The Labute approximate surface area is 120 Å². The van der Waals surface area contributed by atoms with E-state index in [1.165, 1.54) is 0 Å². The molecule has 0 aromatic carbocycles. The lowest BCUT2D eigenvalue weighted by Crippen LogP contribution is -2.46. The normalized spacial score (nSPS) is 15.7. The van der Waals surface area contributed by atoms with Gasteiger partial charge in [-0.2, -0.15) is 0 Å². The predicted octanol–water partition coefficient (Wildman–Crippen LogP) is -3.26. The number of Topliss-reactive ketones (excluding diaryl/α,β-unsaturated/α-hetero) is 1. The Balaban J connectivity index is 0. The Morgan fingerprint density at radius 2 is 1.57 bits per heavy atom. The van der Waals surface area contributed by atoms with Gasteiger partial charge in [0.2, 0.25) is 0 Å². The van der Waals surface area contributed by atoms with Crippen LogP contribution in [0, 0.1) is 0 Å². The number of aldehydes is 3. The minimum atomic E-state index is -1.79. The van der Waals surface area contributed by atoms with Crippen LogP contribution < -0.4 is 0 Å². The zero-order valence-electron chi connectivity index (χ0n) is 11.2. The van der Waals surface area contributed by atoms with E-state index in [4.69, 9.17) is 25.5 Å². The summed E-state index contributed by atoms with van der Waals surface area (Å²) >= 11 is 0. The highest BCUT2D eigenvalue weighted by atomic mass is 16.4. The molecule has 0 saturated heterocycles. The number of aliphatic hydroxyl groups excluding tert-OH is 5. The van der Waals surface area contributed by atoms with Gasteiger partial charge in [0, 0.05) is 12.8 Å². The Bertz CT molecular complexity index is 318. The molecule has 122 valence electrons. The quantitative estimate of drug-likeness (QED) is 0.158. The van der Waals surface area contributed by atoms with E-state index in [2.05, 4.69) is 0 Å². The second-order valence-electron chi connectivity index (χ2n) is 4.00. The summed E-state index contributed by atoms with van der Waals surface area (Å²) in [6, 6.07) is 0. The number of carbonyl (C=O) groups is 4. The van der Waals surface area contributed by atoms with E-state index in [1.54, 1.807) is 0 Å². The first kappa shape index (κ1) is 21.8. The van der Waals surface area contributed by atoms with Crippen LogP contribution in [0.3, 0.4) is 0 Å². The van der Waals surface area contributed by atoms with E-state index in [0.29, 0.717) is 12.8 Å². The molecular formula is C12H20O9. The fraction of sp³-hybridized carbons (Fsp3) is 0.667. The zero-order valence-corrected chi connectivity index (χ0v) is 11.2. The van der Waals surface area contributed by atoms with Gasteiger partial charge >= 0.3 is 0 Å². The van der Waals surface area contributed by atoms with Crippen molar-refractivity contribution >= 4 is 24.6 Å². The highest BCUT2D eigenvalue weighted by molar-refractivity contribution is 6.24. The van der Waals surface area contributed by atoms with Crippen molar-refractivity contribution in [2.75, 3.05) is 6.61 Å². The van der Waals surface area contributed by atoms with Crippen molar-refractivity contribution in [2.24, 2.45) is 0 Å². The van der Waals surface area contributed by atoms with Gasteiger partial charge in [0.05, 0.1) is 6.61 Å². The Hall–Kier alpha value is -1.52. The van der Waals surface area contributed by atoms with Crippen molar-refractivity contribution in [3.63, 3.8) is 0 Å². The lowest BCUT2D eigenvalue weighted by molar-refractivity contribution is -0.136. The predicted molar refractivity (Wildman–Crippen MR) is 68.2 cm³/mol. The molecule has 0 rings (SSSR count). The number of aliphatic hydroxyl groups is 5. The van der Waals surface area contributed by atoms with Gasteiger partial charge in [0.15, 0.2) is 18.4 Å². The van der Waals surface area contributed by atoms with Crippen LogP contribution in [0.15, 0.2) is 0 Å². The third-order valence-electron chi connectivity index (χ3n) is 2.30. The van der Waals surface area contributed by atoms with Crippen molar-refractivity contribution in [3.05, 3.63) is 0 Å². The summed E-state index contributed by atoms with van der Waals surface area (Å²) in [4.78, 5) is 39.4. The molecule has 21 heavy (non-hydrogen) atoms. The maximum Gasteiger partial charge on any atom is 0.195 e. The summed E-state index contributed by atoms with van der Waals surface area (Å²) < 4.78 is 0. The molecule has 4 unspecified atom stereocenters. The van der Waals surface area contributed by atoms with Crippen LogP contribution in [0.1, 0.15) is 19.3 Å². The lowest BCUT2D eigenvalue weighted by atomic mass is 10.0. The van der Waals surface area contributed by atoms with Gasteiger partial charge in [0.1, 0.15) is 30.7 Å². The monoisotopic (exact) mass is 308 g/mol. The molecule has 0 amide bonds. The van der Waals surface area contributed by atoms with E-state index in [-0.39, 0.29) is 19.0 Å². The molecule has 0 saturated carbocycles. The molecular weight excluding hydrogens is 288 g/mol. The largest absolute Gasteiger partial charge is 0.394 e. The first-order valence-electron chi connectivity index (χ1n) is 6.05. The number of rotatable bonds is 10. The van der Waals surface area contributed by atoms with Crippen LogP contribution in [-0.4, -0.2) is 81.2 Å². The summed E-state index contributed by atoms with van der Waals surface area (Å²) in [7, 11) is 0. The van der Waals surface area contributed by atoms with Gasteiger partial charge in [-0.3, -0.25) is 9.59 Å². The topological polar surface area (TPSA) is 169 Å². The molecule has 0 bridgehead atoms. The Morgan fingerprint density at radius 1 is 1.00 bits per heavy atom. The van der Waals surface area contributed by atoms with Crippen molar-refractivity contribution < 1.29 is 44.7 Å². The van der Waals surface area contributed by atoms with Crippen LogP contribution in [0.25, 0.3) is 0 Å². The number of hydrogen-bond acceptors (Lipinski definition) is 9. The highest BCUT2D eigenvalue weighted by Gasteiger charge is 2.29. The molecule has 9 nitrogen and oxygen atoms in total. The van der Waals surface area contributed by atoms with Crippen LogP contribution in [0.2, 0.25) is 0 Å². The molecule has 0 aliphatic heterocycles. The van der Waals surface area contributed by atoms with E-state index >= 15 is 0 Å². The van der Waals surface area contributed by atoms with Crippen molar-refractivity contribution in [1.29, 1.82) is 0 Å². The smallest absolute Gasteiger partial charge is 0.195 e. The number of unbranched alkanes of at least 4 members (excludes halogenated alkanes) is 1. The summed E-state index contributed by atoms with van der Waals surface area (Å²) in [5.41, 5.74) is 0. The van der Waals surface area contributed by atoms with E-state index in [9.17, 15) is 19.2 Å². The summed E-state index contributed by atoms with van der Waals surface area (Å²) in [6.45, 7) is -0.760. The minimum Gasteiger partial charge on any atom is -0.394 e. The molecule has 0 aromatic rings. The SMILES string of the molecule is O=CC(O)C(O)C(O)C(O)CO.O=CCCCC(=O)C=O.